The van der Waals surface area contributed by atoms with Gasteiger partial charge in [-0.1, -0.05) is 13.8 Å². The van der Waals surface area contributed by atoms with E-state index in [4.69, 9.17) is 10.8 Å². The zero-order valence-electron chi connectivity index (χ0n) is 4.89. The molecule has 2 atom stereocenters. The molecule has 2 heteroatoms. The first kappa shape index (κ1) is 6.92. The normalized spacial score (nSPS) is 18.9. The Balaban J connectivity index is 3.14. The van der Waals surface area contributed by atoms with Crippen LogP contribution in [0.3, 0.4) is 0 Å². The van der Waals surface area contributed by atoms with Gasteiger partial charge in [-0.3, -0.25) is 0 Å². The van der Waals surface area contributed by atoms with Crippen molar-refractivity contribution >= 4 is 0 Å². The molecule has 0 aromatic rings. The van der Waals surface area contributed by atoms with Gasteiger partial charge >= 0.3 is 0 Å². The molecule has 0 aliphatic heterocycles. The van der Waals surface area contributed by atoms with Gasteiger partial charge in [0.1, 0.15) is 6.23 Å². The van der Waals surface area contributed by atoms with E-state index in [0.717, 1.165) is 6.42 Å². The Kier molecular flexibility index (Phi) is 2.96. The minimum Gasteiger partial charge on any atom is -0.379 e. The van der Waals surface area contributed by atoms with E-state index in [2.05, 4.69) is 0 Å². The second-order valence-corrected chi connectivity index (χ2v) is 1.88. The van der Waals surface area contributed by atoms with Gasteiger partial charge < -0.3 is 10.8 Å². The van der Waals surface area contributed by atoms with Crippen LogP contribution in [0.4, 0.5) is 0 Å². The second kappa shape index (κ2) is 2.99. The highest BCUT2D eigenvalue weighted by Crippen LogP contribution is 2.00. The molecule has 0 fully saturated rings. The predicted octanol–water partition coefficient (Wildman–Crippen LogP) is 0.310. The summed E-state index contributed by atoms with van der Waals surface area (Å²) in [6.45, 7) is 3.92. The number of aliphatic hydroxyl groups is 1. The number of nitrogens with two attached hydrogens (primary N) is 1. The minimum atomic E-state index is -0.634. The van der Waals surface area contributed by atoms with Gasteiger partial charge in [0.05, 0.1) is 0 Å². The lowest BCUT2D eigenvalue weighted by atomic mass is 10.1. The molecule has 0 aliphatic rings. The van der Waals surface area contributed by atoms with E-state index in [1.807, 2.05) is 13.8 Å². The fourth-order valence-electron chi connectivity index (χ4n) is 0.241. The van der Waals surface area contributed by atoms with Crippen molar-refractivity contribution in [1.82, 2.24) is 0 Å². The molecule has 0 saturated carbocycles. The van der Waals surface area contributed by atoms with Gasteiger partial charge in [0, 0.05) is 0 Å². The van der Waals surface area contributed by atoms with Crippen LogP contribution >= 0.6 is 0 Å². The lowest BCUT2D eigenvalue weighted by molar-refractivity contribution is 0.121. The smallest absolute Gasteiger partial charge is 0.104 e. The molecule has 0 bridgehead atoms. The van der Waals surface area contributed by atoms with Crippen LogP contribution in [0.25, 0.3) is 0 Å². The average Bonchev–Trinajstić information content (AvgIpc) is 1.65. The van der Waals surface area contributed by atoms with Crippen LogP contribution in [0.15, 0.2) is 0 Å². The van der Waals surface area contributed by atoms with Crippen molar-refractivity contribution in [3.63, 3.8) is 0 Å². The summed E-state index contributed by atoms with van der Waals surface area (Å²) in [5.74, 6) is 0.236. The van der Waals surface area contributed by atoms with Crippen molar-refractivity contribution in [2.45, 2.75) is 26.5 Å². The van der Waals surface area contributed by atoms with E-state index >= 15 is 0 Å². The van der Waals surface area contributed by atoms with Gasteiger partial charge in [-0.25, -0.2) is 0 Å². The summed E-state index contributed by atoms with van der Waals surface area (Å²) in [7, 11) is 0. The van der Waals surface area contributed by atoms with Crippen LogP contribution in [0.2, 0.25) is 0 Å². The molecular weight excluding hydrogens is 90.1 g/mol. The van der Waals surface area contributed by atoms with Gasteiger partial charge in [-0.05, 0) is 12.3 Å². The highest BCUT2D eigenvalue weighted by Gasteiger charge is 2.03. The molecule has 0 aliphatic carbocycles. The molecule has 0 unspecified atom stereocenters. The average molecular weight is 103 g/mol. The SMILES string of the molecule is CC[C@@H](C)[C@@H](N)O. The lowest BCUT2D eigenvalue weighted by Crippen LogP contribution is -2.26. The monoisotopic (exact) mass is 103 g/mol. The van der Waals surface area contributed by atoms with Crippen molar-refractivity contribution in [2.75, 3.05) is 0 Å². The molecule has 3 N–H and O–H groups in total. The van der Waals surface area contributed by atoms with Crippen LogP contribution in [0.1, 0.15) is 20.3 Å². The molecule has 44 valence electrons. The zero-order chi connectivity index (χ0) is 5.86. The summed E-state index contributed by atoms with van der Waals surface area (Å²) in [5.41, 5.74) is 5.10. The van der Waals surface area contributed by atoms with E-state index < -0.39 is 6.23 Å². The summed E-state index contributed by atoms with van der Waals surface area (Å²) in [5, 5.41) is 8.60. The maximum atomic E-state index is 8.60. The van der Waals surface area contributed by atoms with Crippen LogP contribution in [0.5, 0.6) is 0 Å². The quantitative estimate of drug-likeness (QED) is 0.494. The van der Waals surface area contributed by atoms with E-state index in [1.54, 1.807) is 0 Å². The number of hydrogen-bond donors (Lipinski definition) is 2. The van der Waals surface area contributed by atoms with Crippen molar-refractivity contribution in [2.24, 2.45) is 11.7 Å². The van der Waals surface area contributed by atoms with Gasteiger partial charge in [-0.15, -0.1) is 0 Å². The second-order valence-electron chi connectivity index (χ2n) is 1.88. The summed E-state index contributed by atoms with van der Waals surface area (Å²) < 4.78 is 0. The van der Waals surface area contributed by atoms with E-state index in [0.29, 0.717) is 0 Å². The Morgan fingerprint density at radius 1 is 1.71 bits per heavy atom. The molecular formula is C5H13NO. The lowest BCUT2D eigenvalue weighted by Gasteiger charge is -2.09. The van der Waals surface area contributed by atoms with Gasteiger partial charge in [-0.2, -0.15) is 0 Å². The minimum absolute atomic E-state index is 0.236. The maximum absolute atomic E-state index is 8.60. The van der Waals surface area contributed by atoms with Crippen LogP contribution in [-0.2, 0) is 0 Å². The topological polar surface area (TPSA) is 46.2 Å². The summed E-state index contributed by atoms with van der Waals surface area (Å²) in [6.07, 6.45) is 0.308. The largest absolute Gasteiger partial charge is 0.379 e. The molecule has 0 aromatic carbocycles. The van der Waals surface area contributed by atoms with Crippen LogP contribution in [-0.4, -0.2) is 11.3 Å². The van der Waals surface area contributed by atoms with Crippen molar-refractivity contribution < 1.29 is 5.11 Å². The first-order valence-electron chi connectivity index (χ1n) is 2.62. The molecule has 0 radical (unpaired) electrons. The molecule has 7 heavy (non-hydrogen) atoms. The Morgan fingerprint density at radius 3 is 2.14 bits per heavy atom. The number of rotatable bonds is 2. The van der Waals surface area contributed by atoms with Gasteiger partial charge in [0.25, 0.3) is 0 Å². The van der Waals surface area contributed by atoms with E-state index in [9.17, 15) is 0 Å². The maximum Gasteiger partial charge on any atom is 0.104 e. The zero-order valence-corrected chi connectivity index (χ0v) is 4.89. The molecule has 0 spiro atoms. The Bertz CT molecular complexity index is 45.3. The molecule has 0 heterocycles. The molecule has 0 saturated heterocycles. The Labute approximate surface area is 44.3 Å². The third kappa shape index (κ3) is 2.60. The Hall–Kier alpha value is -0.0800. The summed E-state index contributed by atoms with van der Waals surface area (Å²) in [4.78, 5) is 0. The fraction of sp³-hybridized carbons (Fsp3) is 1.00. The summed E-state index contributed by atoms with van der Waals surface area (Å²) in [6, 6.07) is 0. The first-order chi connectivity index (χ1) is 3.18. The first-order valence-corrected chi connectivity index (χ1v) is 2.62. The molecule has 2 nitrogen and oxygen atoms in total. The highest BCUT2D eigenvalue weighted by atomic mass is 16.3. The van der Waals surface area contributed by atoms with Gasteiger partial charge in [0.15, 0.2) is 0 Å². The molecule has 0 rings (SSSR count). The van der Waals surface area contributed by atoms with Crippen molar-refractivity contribution in [3.8, 4) is 0 Å². The van der Waals surface area contributed by atoms with Crippen LogP contribution < -0.4 is 5.73 Å². The number of hydrogen-bond acceptors (Lipinski definition) is 2. The van der Waals surface area contributed by atoms with Crippen LogP contribution in [0, 0.1) is 5.92 Å². The fourth-order valence-corrected chi connectivity index (χ4v) is 0.241. The van der Waals surface area contributed by atoms with Gasteiger partial charge in [0.2, 0.25) is 0 Å². The standard InChI is InChI=1S/C5H13NO/c1-3-4(2)5(6)7/h4-5,7H,3,6H2,1-2H3/t4-,5+/m1/s1. The van der Waals surface area contributed by atoms with E-state index in [1.165, 1.54) is 0 Å². The molecule has 0 aromatic heterocycles. The predicted molar refractivity (Wildman–Crippen MR) is 29.6 cm³/mol. The molecule has 0 amide bonds. The highest BCUT2D eigenvalue weighted by molar-refractivity contribution is 4.52. The third-order valence-electron chi connectivity index (χ3n) is 1.23. The van der Waals surface area contributed by atoms with Crippen molar-refractivity contribution in [1.29, 1.82) is 0 Å². The third-order valence-corrected chi connectivity index (χ3v) is 1.23. The summed E-state index contributed by atoms with van der Waals surface area (Å²) >= 11 is 0. The number of aliphatic hydroxyl groups excluding tert-OH is 1. The Morgan fingerprint density at radius 2 is 2.14 bits per heavy atom. The van der Waals surface area contributed by atoms with E-state index in [-0.39, 0.29) is 5.92 Å². The van der Waals surface area contributed by atoms with Crippen molar-refractivity contribution in [3.05, 3.63) is 0 Å².